The van der Waals surface area contributed by atoms with Gasteiger partial charge in [0.1, 0.15) is 6.10 Å². The molecule has 0 amide bonds. The van der Waals surface area contributed by atoms with Crippen LogP contribution in [0.15, 0.2) is 30.3 Å². The molecule has 2 atom stereocenters. The van der Waals surface area contributed by atoms with Gasteiger partial charge in [0.05, 0.1) is 7.11 Å². The van der Waals surface area contributed by atoms with E-state index in [0.717, 1.165) is 5.56 Å². The fourth-order valence-corrected chi connectivity index (χ4v) is 2.00. The quantitative estimate of drug-likeness (QED) is 0.579. The van der Waals surface area contributed by atoms with Gasteiger partial charge in [0, 0.05) is 6.42 Å². The molecule has 1 aliphatic heterocycles. The number of carbonyl (C=O) groups is 2. The van der Waals surface area contributed by atoms with Gasteiger partial charge in [0.2, 0.25) is 0 Å². The van der Waals surface area contributed by atoms with E-state index in [4.69, 9.17) is 4.74 Å². The van der Waals surface area contributed by atoms with E-state index < -0.39 is 17.4 Å². The average Bonchev–Trinajstić information content (AvgIpc) is 2.67. The van der Waals surface area contributed by atoms with E-state index in [0.29, 0.717) is 6.42 Å². The van der Waals surface area contributed by atoms with Crippen molar-refractivity contribution in [1.29, 1.82) is 0 Å². The van der Waals surface area contributed by atoms with Crippen LogP contribution in [0.25, 0.3) is 0 Å². The van der Waals surface area contributed by atoms with Crippen molar-refractivity contribution in [3.05, 3.63) is 35.9 Å². The van der Waals surface area contributed by atoms with Crippen molar-refractivity contribution >= 4 is 11.9 Å². The van der Waals surface area contributed by atoms with Crippen LogP contribution < -0.4 is 0 Å². The topological polar surface area (TPSA) is 52.6 Å². The molecule has 90 valence electrons. The third-order valence-electron chi connectivity index (χ3n) is 3.10. The van der Waals surface area contributed by atoms with Crippen LogP contribution in [0.3, 0.4) is 0 Å². The van der Waals surface area contributed by atoms with Crippen LogP contribution in [0.5, 0.6) is 0 Å². The van der Waals surface area contributed by atoms with Crippen LogP contribution in [-0.4, -0.2) is 19.0 Å². The molecule has 1 heterocycles. The molecule has 4 nitrogen and oxygen atoms in total. The van der Waals surface area contributed by atoms with E-state index in [1.54, 1.807) is 6.92 Å². The van der Waals surface area contributed by atoms with Gasteiger partial charge in [-0.25, -0.2) is 0 Å². The molecule has 0 aromatic heterocycles. The number of hydrogen-bond acceptors (Lipinski definition) is 4. The summed E-state index contributed by atoms with van der Waals surface area (Å²) in [6.45, 7) is 1.56. The molecule has 0 aliphatic carbocycles. The zero-order valence-corrected chi connectivity index (χ0v) is 9.80. The summed E-state index contributed by atoms with van der Waals surface area (Å²) in [4.78, 5) is 23.4. The molecule has 0 N–H and O–H groups in total. The number of ether oxygens (including phenoxy) is 2. The summed E-state index contributed by atoms with van der Waals surface area (Å²) >= 11 is 0. The highest BCUT2D eigenvalue weighted by molar-refractivity contribution is 6.00. The van der Waals surface area contributed by atoms with Crippen LogP contribution in [-0.2, 0) is 19.1 Å². The summed E-state index contributed by atoms with van der Waals surface area (Å²) in [7, 11) is 1.27. The molecule has 0 bridgehead atoms. The van der Waals surface area contributed by atoms with Gasteiger partial charge in [-0.15, -0.1) is 0 Å². The highest BCUT2D eigenvalue weighted by Crippen LogP contribution is 2.42. The Morgan fingerprint density at radius 1 is 1.41 bits per heavy atom. The molecular weight excluding hydrogens is 220 g/mol. The van der Waals surface area contributed by atoms with Gasteiger partial charge in [0.25, 0.3) is 0 Å². The van der Waals surface area contributed by atoms with Gasteiger partial charge in [-0.2, -0.15) is 0 Å². The van der Waals surface area contributed by atoms with Gasteiger partial charge in [-0.1, -0.05) is 30.3 Å². The summed E-state index contributed by atoms with van der Waals surface area (Å²) in [5, 5.41) is 0. The minimum Gasteiger partial charge on any atom is -0.468 e. The highest BCUT2D eigenvalue weighted by atomic mass is 16.6. The van der Waals surface area contributed by atoms with Crippen molar-refractivity contribution in [2.24, 2.45) is 5.41 Å². The van der Waals surface area contributed by atoms with E-state index in [1.165, 1.54) is 7.11 Å². The lowest BCUT2D eigenvalue weighted by molar-refractivity contribution is -0.162. The second-order valence-electron chi connectivity index (χ2n) is 4.33. The maximum absolute atomic E-state index is 11.8. The lowest BCUT2D eigenvalue weighted by atomic mass is 9.86. The van der Waals surface area contributed by atoms with Crippen molar-refractivity contribution in [2.45, 2.75) is 19.4 Å². The SMILES string of the molecule is COC(=O)[C@]1(C)C[C@H](c2ccccc2)OC1=O. The Kier molecular flexibility index (Phi) is 2.88. The van der Waals surface area contributed by atoms with Gasteiger partial charge >= 0.3 is 11.9 Å². The summed E-state index contributed by atoms with van der Waals surface area (Å²) in [5.74, 6) is -1.06. The molecule has 17 heavy (non-hydrogen) atoms. The van der Waals surface area contributed by atoms with Crippen molar-refractivity contribution in [3.8, 4) is 0 Å². The summed E-state index contributed by atoms with van der Waals surface area (Å²) < 4.78 is 9.90. The summed E-state index contributed by atoms with van der Waals surface area (Å²) in [6.07, 6.45) is -0.0458. The van der Waals surface area contributed by atoms with Gasteiger partial charge in [-0.3, -0.25) is 9.59 Å². The van der Waals surface area contributed by atoms with Crippen molar-refractivity contribution < 1.29 is 19.1 Å². The van der Waals surface area contributed by atoms with Gasteiger partial charge in [0.15, 0.2) is 5.41 Å². The lowest BCUT2D eigenvalue weighted by Crippen LogP contribution is -2.33. The fraction of sp³-hybridized carbons (Fsp3) is 0.385. The number of carbonyl (C=O) groups excluding carboxylic acids is 2. The monoisotopic (exact) mass is 234 g/mol. The number of esters is 2. The normalized spacial score (nSPS) is 27.6. The van der Waals surface area contributed by atoms with Crippen LogP contribution in [0.4, 0.5) is 0 Å². The molecule has 2 rings (SSSR count). The predicted molar refractivity (Wildman–Crippen MR) is 60.0 cm³/mol. The minimum absolute atomic E-state index is 0.322. The third kappa shape index (κ3) is 1.90. The molecule has 0 spiro atoms. The van der Waals surface area contributed by atoms with E-state index in [9.17, 15) is 9.59 Å². The minimum atomic E-state index is -1.19. The predicted octanol–water partition coefficient (Wildman–Crippen LogP) is 1.85. The van der Waals surface area contributed by atoms with Crippen LogP contribution in [0, 0.1) is 5.41 Å². The number of methoxy groups -OCH3 is 1. The van der Waals surface area contributed by atoms with E-state index in [2.05, 4.69) is 4.74 Å². The maximum atomic E-state index is 11.8. The Hall–Kier alpha value is -1.84. The van der Waals surface area contributed by atoms with Crippen molar-refractivity contribution in [3.63, 3.8) is 0 Å². The van der Waals surface area contributed by atoms with Crippen LogP contribution >= 0.6 is 0 Å². The van der Waals surface area contributed by atoms with E-state index >= 15 is 0 Å². The number of rotatable bonds is 2. The molecular formula is C13H14O4. The number of cyclic esters (lactones) is 1. The number of hydrogen-bond donors (Lipinski definition) is 0. The van der Waals surface area contributed by atoms with Gasteiger partial charge < -0.3 is 9.47 Å². The van der Waals surface area contributed by atoms with Crippen molar-refractivity contribution in [2.75, 3.05) is 7.11 Å². The Balaban J connectivity index is 2.23. The first-order valence-electron chi connectivity index (χ1n) is 5.42. The second kappa shape index (κ2) is 4.20. The maximum Gasteiger partial charge on any atom is 0.323 e. The van der Waals surface area contributed by atoms with Gasteiger partial charge in [-0.05, 0) is 12.5 Å². The molecule has 1 aromatic carbocycles. The molecule has 1 saturated heterocycles. The third-order valence-corrected chi connectivity index (χ3v) is 3.10. The van der Waals surface area contributed by atoms with Crippen LogP contribution in [0.2, 0.25) is 0 Å². The summed E-state index contributed by atoms with van der Waals surface area (Å²) in [6, 6.07) is 9.38. The molecule has 0 radical (unpaired) electrons. The number of benzene rings is 1. The lowest BCUT2D eigenvalue weighted by Gasteiger charge is -2.15. The Bertz CT molecular complexity index is 440. The Morgan fingerprint density at radius 2 is 2.06 bits per heavy atom. The fourth-order valence-electron chi connectivity index (χ4n) is 2.00. The first-order valence-corrected chi connectivity index (χ1v) is 5.42. The molecule has 4 heteroatoms. The first kappa shape index (κ1) is 11.6. The van der Waals surface area contributed by atoms with E-state index in [1.807, 2.05) is 30.3 Å². The molecule has 1 aromatic rings. The standard InChI is InChI=1S/C13H14O4/c1-13(11(14)16-2)8-10(17-12(13)15)9-6-4-3-5-7-9/h3-7,10H,8H2,1-2H3/t10-,13+/m1/s1. The second-order valence-corrected chi connectivity index (χ2v) is 4.33. The zero-order chi connectivity index (χ0) is 12.5. The Labute approximate surface area is 99.5 Å². The zero-order valence-electron chi connectivity index (χ0n) is 9.80. The molecule has 1 fully saturated rings. The molecule has 1 aliphatic rings. The van der Waals surface area contributed by atoms with E-state index in [-0.39, 0.29) is 6.10 Å². The smallest absolute Gasteiger partial charge is 0.323 e. The van der Waals surface area contributed by atoms with Crippen LogP contribution in [0.1, 0.15) is 25.0 Å². The largest absolute Gasteiger partial charge is 0.468 e. The average molecular weight is 234 g/mol. The van der Waals surface area contributed by atoms with Crippen molar-refractivity contribution in [1.82, 2.24) is 0 Å². The first-order chi connectivity index (χ1) is 8.08. The molecule has 0 unspecified atom stereocenters. The summed E-state index contributed by atoms with van der Waals surface area (Å²) in [5.41, 5.74) is -0.289. The Morgan fingerprint density at radius 3 is 2.65 bits per heavy atom. The highest BCUT2D eigenvalue weighted by Gasteiger charge is 2.52. The molecule has 0 saturated carbocycles.